The van der Waals surface area contributed by atoms with Gasteiger partial charge in [-0.1, -0.05) is 42.1 Å². The van der Waals surface area contributed by atoms with Gasteiger partial charge in [0.2, 0.25) is 5.16 Å². The molecule has 1 heterocycles. The quantitative estimate of drug-likeness (QED) is 0.380. The minimum atomic E-state index is -0.919. The van der Waals surface area contributed by atoms with Crippen molar-refractivity contribution in [3.05, 3.63) is 54.1 Å². The zero-order chi connectivity index (χ0) is 19.1. The van der Waals surface area contributed by atoms with Crippen LogP contribution in [0.1, 0.15) is 5.56 Å². The lowest BCUT2D eigenvalue weighted by Crippen LogP contribution is -2.02. The van der Waals surface area contributed by atoms with Crippen molar-refractivity contribution in [2.24, 2.45) is 0 Å². The number of H-pyrrole nitrogens is 1. The third-order valence-corrected chi connectivity index (χ3v) is 4.32. The van der Waals surface area contributed by atoms with Crippen LogP contribution in [0.5, 0.6) is 5.75 Å². The number of anilines is 1. The molecule has 27 heavy (non-hydrogen) atoms. The minimum absolute atomic E-state index is 0.0972. The average molecular weight is 386 g/mol. The number of hydrogen-bond donors (Lipinski definition) is 3. The van der Waals surface area contributed by atoms with E-state index >= 15 is 0 Å². The third kappa shape index (κ3) is 5.22. The molecule has 0 aliphatic heterocycles. The number of benzene rings is 2. The molecular formula is C18H18N4O4S. The van der Waals surface area contributed by atoms with Crippen LogP contribution in [0.4, 0.5) is 5.69 Å². The largest absolute Gasteiger partial charge is 0.487 e. The fourth-order valence-corrected chi connectivity index (χ4v) is 2.81. The summed E-state index contributed by atoms with van der Waals surface area (Å²) in [4.78, 5) is 20.0. The maximum atomic E-state index is 10.6. The Morgan fingerprint density at radius 3 is 2.81 bits per heavy atom. The number of rotatable bonds is 9. The molecule has 2 aromatic carbocycles. The highest BCUT2D eigenvalue weighted by Crippen LogP contribution is 2.30. The SMILES string of the molecule is CONc1cc(-c2nc(SCC(=O)O)n[nH]2)ccc1OCc1ccccc1. The summed E-state index contributed by atoms with van der Waals surface area (Å²) in [5.74, 6) is 0.138. The molecule has 8 nitrogen and oxygen atoms in total. The standard InChI is InChI=1S/C18H18N4O4S/c1-25-22-14-9-13(17-19-18(21-20-17)27-11-16(23)24)7-8-15(14)26-10-12-5-3-2-4-6-12/h2-9,22H,10-11H2,1H3,(H,23,24)(H,19,20,21). The molecule has 0 atom stereocenters. The average Bonchev–Trinajstić information content (AvgIpc) is 3.15. The van der Waals surface area contributed by atoms with Gasteiger partial charge in [-0.2, -0.15) is 0 Å². The molecule has 3 N–H and O–H groups in total. The summed E-state index contributed by atoms with van der Waals surface area (Å²) in [6.07, 6.45) is 0. The van der Waals surface area contributed by atoms with Crippen molar-refractivity contribution in [3.63, 3.8) is 0 Å². The molecule has 1 aromatic heterocycles. The van der Waals surface area contributed by atoms with Crippen molar-refractivity contribution in [1.82, 2.24) is 15.2 Å². The van der Waals surface area contributed by atoms with Gasteiger partial charge in [0.15, 0.2) is 5.82 Å². The molecule has 0 saturated heterocycles. The Labute approximate surface area is 159 Å². The summed E-state index contributed by atoms with van der Waals surface area (Å²) in [5.41, 5.74) is 5.26. The van der Waals surface area contributed by atoms with Crippen LogP contribution in [0.3, 0.4) is 0 Å². The van der Waals surface area contributed by atoms with Gasteiger partial charge < -0.3 is 9.84 Å². The lowest BCUT2D eigenvalue weighted by atomic mass is 10.2. The van der Waals surface area contributed by atoms with E-state index < -0.39 is 5.97 Å². The molecule has 0 aliphatic rings. The molecular weight excluding hydrogens is 368 g/mol. The van der Waals surface area contributed by atoms with Crippen molar-refractivity contribution in [3.8, 4) is 17.1 Å². The van der Waals surface area contributed by atoms with E-state index in [9.17, 15) is 4.79 Å². The lowest BCUT2D eigenvalue weighted by Gasteiger charge is -2.13. The Morgan fingerprint density at radius 2 is 2.07 bits per heavy atom. The van der Waals surface area contributed by atoms with E-state index in [-0.39, 0.29) is 5.75 Å². The second-order valence-electron chi connectivity index (χ2n) is 5.44. The number of carboxylic acids is 1. The van der Waals surface area contributed by atoms with E-state index in [1.807, 2.05) is 48.5 Å². The molecule has 0 aliphatic carbocycles. The van der Waals surface area contributed by atoms with Gasteiger partial charge in [-0.15, -0.1) is 5.10 Å². The summed E-state index contributed by atoms with van der Waals surface area (Å²) in [6, 6.07) is 15.3. The molecule has 0 unspecified atom stereocenters. The Morgan fingerprint density at radius 1 is 1.26 bits per heavy atom. The predicted octanol–water partition coefficient (Wildman–Crippen LogP) is 3.20. The minimum Gasteiger partial charge on any atom is -0.487 e. The van der Waals surface area contributed by atoms with Gasteiger partial charge in [0.1, 0.15) is 18.0 Å². The number of aromatic amines is 1. The van der Waals surface area contributed by atoms with Gasteiger partial charge in [-0.3, -0.25) is 20.2 Å². The van der Waals surface area contributed by atoms with Crippen LogP contribution in [0.15, 0.2) is 53.7 Å². The van der Waals surface area contributed by atoms with E-state index in [2.05, 4.69) is 20.7 Å². The van der Waals surface area contributed by atoms with Crippen molar-refractivity contribution in [1.29, 1.82) is 0 Å². The number of hydrogen-bond acceptors (Lipinski definition) is 7. The third-order valence-electron chi connectivity index (χ3n) is 3.49. The molecule has 3 rings (SSSR count). The molecule has 140 valence electrons. The van der Waals surface area contributed by atoms with Crippen LogP contribution in [-0.4, -0.2) is 39.1 Å². The fourth-order valence-electron chi connectivity index (χ4n) is 2.29. The number of carboxylic acid groups (broad SMARTS) is 1. The van der Waals surface area contributed by atoms with Gasteiger partial charge in [0.25, 0.3) is 0 Å². The van der Waals surface area contributed by atoms with Gasteiger partial charge in [-0.25, -0.2) is 4.98 Å². The van der Waals surface area contributed by atoms with Crippen LogP contribution in [0.25, 0.3) is 11.4 Å². The molecule has 0 radical (unpaired) electrons. The van der Waals surface area contributed by atoms with E-state index in [4.69, 9.17) is 14.7 Å². The topological polar surface area (TPSA) is 109 Å². The summed E-state index contributed by atoms with van der Waals surface area (Å²) < 4.78 is 5.88. The zero-order valence-corrected chi connectivity index (χ0v) is 15.3. The molecule has 0 fully saturated rings. The summed E-state index contributed by atoms with van der Waals surface area (Å²) in [5, 5.41) is 15.9. The number of carbonyl (C=O) groups is 1. The number of nitrogens with one attached hydrogen (secondary N) is 2. The first-order chi connectivity index (χ1) is 13.2. The van der Waals surface area contributed by atoms with E-state index in [1.54, 1.807) is 0 Å². The first-order valence-electron chi connectivity index (χ1n) is 8.03. The van der Waals surface area contributed by atoms with Crippen LogP contribution in [0, 0.1) is 0 Å². The Kier molecular flexibility index (Phi) is 6.29. The number of ether oxygens (including phenoxy) is 1. The smallest absolute Gasteiger partial charge is 0.313 e. The van der Waals surface area contributed by atoms with Crippen molar-refractivity contribution in [2.45, 2.75) is 11.8 Å². The van der Waals surface area contributed by atoms with Crippen LogP contribution >= 0.6 is 11.8 Å². The van der Waals surface area contributed by atoms with Crippen LogP contribution in [-0.2, 0) is 16.2 Å². The van der Waals surface area contributed by atoms with Gasteiger partial charge in [0.05, 0.1) is 12.9 Å². The van der Waals surface area contributed by atoms with Crippen molar-refractivity contribution in [2.75, 3.05) is 18.3 Å². The number of nitrogens with zero attached hydrogens (tertiary/aromatic N) is 2. The van der Waals surface area contributed by atoms with E-state index in [1.165, 1.54) is 7.11 Å². The molecule has 9 heteroatoms. The molecule has 0 amide bonds. The number of thioether (sulfide) groups is 1. The highest BCUT2D eigenvalue weighted by Gasteiger charge is 2.12. The second kappa shape index (κ2) is 9.06. The highest BCUT2D eigenvalue weighted by atomic mass is 32.2. The highest BCUT2D eigenvalue weighted by molar-refractivity contribution is 7.99. The number of aliphatic carboxylic acids is 1. The Hall–Kier alpha value is -3.04. The van der Waals surface area contributed by atoms with Crippen LogP contribution < -0.4 is 10.2 Å². The summed E-state index contributed by atoms with van der Waals surface area (Å²) >= 11 is 1.05. The summed E-state index contributed by atoms with van der Waals surface area (Å²) in [7, 11) is 1.52. The maximum absolute atomic E-state index is 10.6. The van der Waals surface area contributed by atoms with Gasteiger partial charge in [-0.05, 0) is 23.8 Å². The number of aromatic nitrogens is 3. The molecule has 0 saturated carbocycles. The van der Waals surface area contributed by atoms with Gasteiger partial charge in [0, 0.05) is 5.56 Å². The maximum Gasteiger partial charge on any atom is 0.313 e. The summed E-state index contributed by atoms with van der Waals surface area (Å²) in [6.45, 7) is 0.427. The Balaban J connectivity index is 1.75. The predicted molar refractivity (Wildman–Crippen MR) is 102 cm³/mol. The molecule has 0 bridgehead atoms. The van der Waals surface area contributed by atoms with Crippen LogP contribution in [0.2, 0.25) is 0 Å². The molecule has 0 spiro atoms. The van der Waals surface area contributed by atoms with Gasteiger partial charge >= 0.3 is 5.97 Å². The first kappa shape index (κ1) is 18.7. The Bertz CT molecular complexity index is 901. The lowest BCUT2D eigenvalue weighted by molar-refractivity contribution is -0.133. The van der Waals surface area contributed by atoms with Crippen molar-refractivity contribution >= 4 is 23.4 Å². The van der Waals surface area contributed by atoms with Crippen molar-refractivity contribution < 1.29 is 19.5 Å². The normalized spacial score (nSPS) is 10.6. The van der Waals surface area contributed by atoms with E-state index in [0.29, 0.717) is 29.0 Å². The van der Waals surface area contributed by atoms with E-state index in [0.717, 1.165) is 22.9 Å². The monoisotopic (exact) mass is 386 g/mol. The fraction of sp³-hybridized carbons (Fsp3) is 0.167. The second-order valence-corrected chi connectivity index (χ2v) is 6.38. The first-order valence-corrected chi connectivity index (χ1v) is 9.01. The zero-order valence-electron chi connectivity index (χ0n) is 14.5. The molecule has 3 aromatic rings.